The van der Waals surface area contributed by atoms with Crippen LogP contribution in [0.5, 0.6) is 0 Å². The molecule has 2 N–H and O–H groups in total. The zero-order chi connectivity index (χ0) is 23.9. The molecule has 0 saturated heterocycles. The number of anilines is 1. The van der Waals surface area contributed by atoms with E-state index < -0.39 is 28.8 Å². The van der Waals surface area contributed by atoms with E-state index in [1.54, 1.807) is 26.0 Å². The smallest absolute Gasteiger partial charge is 0.277 e. The first-order valence-electron chi connectivity index (χ1n) is 11.4. The van der Waals surface area contributed by atoms with Gasteiger partial charge in [-0.05, 0) is 63.5 Å². The molecule has 176 valence electrons. The van der Waals surface area contributed by atoms with Crippen molar-refractivity contribution in [3.63, 3.8) is 0 Å². The zero-order valence-electron chi connectivity index (χ0n) is 19.4. The third-order valence-electron chi connectivity index (χ3n) is 6.65. The topological polar surface area (TPSA) is 80.0 Å². The van der Waals surface area contributed by atoms with Crippen LogP contribution in [0.25, 0.3) is 10.9 Å². The van der Waals surface area contributed by atoms with Gasteiger partial charge in [-0.25, -0.2) is 13.8 Å². The number of carbonyl (C=O) groups is 1. The summed E-state index contributed by atoms with van der Waals surface area (Å²) in [6.45, 7) is 7.75. The normalized spacial score (nSPS) is 19.3. The van der Waals surface area contributed by atoms with Crippen LogP contribution < -0.4 is 5.32 Å². The van der Waals surface area contributed by atoms with E-state index >= 15 is 0 Å². The number of rotatable bonds is 5. The number of hydrogen-bond donors (Lipinski definition) is 2. The second-order valence-electron chi connectivity index (χ2n) is 9.88. The summed E-state index contributed by atoms with van der Waals surface area (Å²) in [6.07, 6.45) is 7.21. The van der Waals surface area contributed by atoms with Gasteiger partial charge in [-0.2, -0.15) is 5.10 Å². The Kier molecular flexibility index (Phi) is 6.22. The lowest BCUT2D eigenvalue weighted by molar-refractivity contribution is 0.0793. The van der Waals surface area contributed by atoms with Crippen molar-refractivity contribution >= 4 is 22.5 Å². The predicted molar refractivity (Wildman–Crippen MR) is 123 cm³/mol. The van der Waals surface area contributed by atoms with Crippen molar-refractivity contribution in [2.24, 2.45) is 11.8 Å². The molecule has 33 heavy (non-hydrogen) atoms. The number of nitrogens with zero attached hydrogens (tertiary/aromatic N) is 3. The van der Waals surface area contributed by atoms with Gasteiger partial charge in [0.15, 0.2) is 11.5 Å². The molecule has 2 heterocycles. The summed E-state index contributed by atoms with van der Waals surface area (Å²) in [4.78, 5) is 16.2. The molecule has 0 atom stereocenters. The van der Waals surface area contributed by atoms with E-state index in [2.05, 4.69) is 24.1 Å². The first-order valence-corrected chi connectivity index (χ1v) is 11.4. The van der Waals surface area contributed by atoms with Gasteiger partial charge in [0.2, 0.25) is 0 Å². The molecule has 0 spiro atoms. The molecule has 3 aromatic rings. The van der Waals surface area contributed by atoms with Gasteiger partial charge in [-0.1, -0.05) is 13.8 Å². The van der Waals surface area contributed by atoms with E-state index in [1.807, 2.05) is 10.9 Å². The predicted octanol–water partition coefficient (Wildman–Crippen LogP) is 5.58. The first-order chi connectivity index (χ1) is 15.5. The van der Waals surface area contributed by atoms with Gasteiger partial charge in [-0.3, -0.25) is 9.48 Å². The summed E-state index contributed by atoms with van der Waals surface area (Å²) < 4.78 is 29.2. The van der Waals surface area contributed by atoms with Gasteiger partial charge in [0.1, 0.15) is 5.82 Å². The zero-order valence-corrected chi connectivity index (χ0v) is 19.4. The second kappa shape index (κ2) is 8.82. The number of nitrogens with one attached hydrogen (secondary N) is 1. The van der Waals surface area contributed by atoms with E-state index in [0.29, 0.717) is 34.8 Å². The lowest BCUT2D eigenvalue weighted by Gasteiger charge is -2.30. The highest BCUT2D eigenvalue weighted by atomic mass is 19.1. The van der Waals surface area contributed by atoms with E-state index in [4.69, 9.17) is 5.10 Å². The van der Waals surface area contributed by atoms with Crippen molar-refractivity contribution < 1.29 is 18.7 Å². The Bertz CT molecular complexity index is 1180. The fraction of sp³-hybridized carbons (Fsp3) is 0.480. The van der Waals surface area contributed by atoms with E-state index in [1.165, 1.54) is 12.8 Å². The molecule has 8 heteroatoms. The number of pyridine rings is 1. The average molecular weight is 457 g/mol. The quantitative estimate of drug-likeness (QED) is 0.526. The summed E-state index contributed by atoms with van der Waals surface area (Å²) in [5.74, 6) is -1.31. The number of benzene rings is 1. The molecule has 0 aliphatic heterocycles. The van der Waals surface area contributed by atoms with Crippen LogP contribution in [-0.4, -0.2) is 25.8 Å². The number of carbonyl (C=O) groups excluding carboxylic acids is 1. The Morgan fingerprint density at radius 2 is 1.88 bits per heavy atom. The van der Waals surface area contributed by atoms with E-state index in [0.717, 1.165) is 30.3 Å². The number of halogens is 2. The van der Waals surface area contributed by atoms with Crippen LogP contribution in [0.2, 0.25) is 0 Å². The van der Waals surface area contributed by atoms with E-state index in [-0.39, 0.29) is 0 Å². The lowest BCUT2D eigenvalue weighted by atomic mass is 9.80. The Morgan fingerprint density at radius 3 is 2.48 bits per heavy atom. The monoisotopic (exact) mass is 456 g/mol. The number of aliphatic hydroxyl groups is 1. The highest BCUT2D eigenvalue weighted by Crippen LogP contribution is 2.37. The van der Waals surface area contributed by atoms with Gasteiger partial charge in [0.05, 0.1) is 23.4 Å². The fourth-order valence-corrected chi connectivity index (χ4v) is 4.68. The van der Waals surface area contributed by atoms with Gasteiger partial charge in [0.25, 0.3) is 5.91 Å². The molecule has 1 aliphatic rings. The second-order valence-corrected chi connectivity index (χ2v) is 9.88. The van der Waals surface area contributed by atoms with Crippen molar-refractivity contribution in [2.75, 3.05) is 5.32 Å². The Labute approximate surface area is 192 Å². The summed E-state index contributed by atoms with van der Waals surface area (Å²) in [5.41, 5.74) is -0.323. The third-order valence-corrected chi connectivity index (χ3v) is 6.65. The maximum absolute atomic E-state index is 14.1. The maximum Gasteiger partial charge on any atom is 0.277 e. The average Bonchev–Trinajstić information content (AvgIpc) is 3.15. The van der Waals surface area contributed by atoms with E-state index in [9.17, 15) is 18.7 Å². The molecule has 1 aromatic carbocycles. The molecule has 6 nitrogen and oxygen atoms in total. The number of hydrogen-bond acceptors (Lipinski definition) is 4. The first kappa shape index (κ1) is 23.3. The van der Waals surface area contributed by atoms with Crippen molar-refractivity contribution in [3.8, 4) is 0 Å². The van der Waals surface area contributed by atoms with Crippen LogP contribution in [0, 0.1) is 23.5 Å². The van der Waals surface area contributed by atoms with Gasteiger partial charge >= 0.3 is 0 Å². The Morgan fingerprint density at radius 1 is 1.18 bits per heavy atom. The SMILES string of the molecule is CC(C)C1CCC(n2cc3cc(NC(=O)c4ncc(F)cc4F)c(C(C)(C)O)cc3n2)CC1. The highest BCUT2D eigenvalue weighted by Gasteiger charge is 2.27. The Hall–Kier alpha value is -2.87. The Balaban J connectivity index is 1.65. The molecular weight excluding hydrogens is 426 g/mol. The lowest BCUT2D eigenvalue weighted by Crippen LogP contribution is -2.22. The molecule has 1 aliphatic carbocycles. The molecule has 0 unspecified atom stereocenters. The highest BCUT2D eigenvalue weighted by molar-refractivity contribution is 6.04. The number of fused-ring (bicyclic) bond motifs is 1. The molecule has 2 aromatic heterocycles. The van der Waals surface area contributed by atoms with Crippen molar-refractivity contribution in [1.82, 2.24) is 14.8 Å². The molecule has 1 amide bonds. The van der Waals surface area contributed by atoms with Crippen LogP contribution in [0.15, 0.2) is 30.6 Å². The molecule has 0 bridgehead atoms. The molecule has 1 fully saturated rings. The standard InChI is InChI=1S/C25H30F2N4O2/c1-14(2)15-5-7-18(8-6-15)31-13-16-9-22(19(25(3,4)33)11-21(16)30-31)29-24(32)23-20(27)10-17(26)12-28-23/h9-15,18,33H,5-8H2,1-4H3,(H,29,32). The number of aromatic nitrogens is 3. The van der Waals surface area contributed by atoms with Crippen molar-refractivity contribution in [1.29, 1.82) is 0 Å². The molecule has 0 radical (unpaired) electrons. The molecule has 4 rings (SSSR count). The largest absolute Gasteiger partial charge is 0.386 e. The molecular formula is C25H30F2N4O2. The van der Waals surface area contributed by atoms with Crippen LogP contribution in [-0.2, 0) is 5.60 Å². The van der Waals surface area contributed by atoms with Crippen LogP contribution in [0.4, 0.5) is 14.5 Å². The van der Waals surface area contributed by atoms with Crippen LogP contribution in [0.1, 0.15) is 75.5 Å². The third kappa shape index (κ3) is 4.90. The summed E-state index contributed by atoms with van der Waals surface area (Å²) >= 11 is 0. The van der Waals surface area contributed by atoms with Crippen LogP contribution in [0.3, 0.4) is 0 Å². The van der Waals surface area contributed by atoms with Gasteiger partial charge in [0, 0.05) is 28.9 Å². The molecule has 1 saturated carbocycles. The number of amides is 1. The minimum absolute atomic E-state index is 0.313. The van der Waals surface area contributed by atoms with Gasteiger partial charge < -0.3 is 10.4 Å². The fourth-order valence-electron chi connectivity index (χ4n) is 4.68. The van der Waals surface area contributed by atoms with Crippen molar-refractivity contribution in [3.05, 3.63) is 53.5 Å². The van der Waals surface area contributed by atoms with Gasteiger partial charge in [-0.15, -0.1) is 0 Å². The summed E-state index contributed by atoms with van der Waals surface area (Å²) in [5, 5.41) is 18.9. The summed E-state index contributed by atoms with van der Waals surface area (Å²) in [6, 6.07) is 4.40. The minimum atomic E-state index is -1.29. The van der Waals surface area contributed by atoms with Crippen LogP contribution >= 0.6 is 0 Å². The maximum atomic E-state index is 14.1. The van der Waals surface area contributed by atoms with Crippen molar-refractivity contribution in [2.45, 2.75) is 65.0 Å². The summed E-state index contributed by atoms with van der Waals surface area (Å²) in [7, 11) is 0. The minimum Gasteiger partial charge on any atom is -0.386 e.